The summed E-state index contributed by atoms with van der Waals surface area (Å²) in [7, 11) is -2.16. The lowest BCUT2D eigenvalue weighted by Crippen LogP contribution is -2.33. The molecule has 0 aliphatic carbocycles. The van der Waals surface area contributed by atoms with E-state index in [2.05, 4.69) is 35.4 Å². The van der Waals surface area contributed by atoms with Gasteiger partial charge in [0.05, 0.1) is 17.6 Å². The first-order chi connectivity index (χ1) is 22.4. The summed E-state index contributed by atoms with van der Waals surface area (Å²) in [5, 5.41) is 2.83. The van der Waals surface area contributed by atoms with Crippen LogP contribution in [-0.4, -0.2) is 43.0 Å². The molecule has 0 aliphatic rings. The van der Waals surface area contributed by atoms with Gasteiger partial charge in [-0.25, -0.2) is 4.79 Å². The first-order valence-corrected chi connectivity index (χ1v) is 19.8. The van der Waals surface area contributed by atoms with Gasteiger partial charge in [-0.05, 0) is 51.5 Å². The van der Waals surface area contributed by atoms with E-state index in [0.29, 0.717) is 12.3 Å². The van der Waals surface area contributed by atoms with E-state index in [1.807, 2.05) is 38.1 Å². The number of nitrogens with one attached hydrogen (secondary N) is 1. The van der Waals surface area contributed by atoms with Crippen molar-refractivity contribution < 1.29 is 32.8 Å². The number of rotatable bonds is 28. The Kier molecular flexibility index (Phi) is 23.0. The molecule has 10 heteroatoms. The molecule has 46 heavy (non-hydrogen) atoms. The van der Waals surface area contributed by atoms with Crippen molar-refractivity contribution in [1.29, 1.82) is 0 Å². The number of aromatic nitrogens is 1. The van der Waals surface area contributed by atoms with Crippen molar-refractivity contribution in [2.45, 2.75) is 149 Å². The highest BCUT2D eigenvalue weighted by atomic mass is 32.1. The summed E-state index contributed by atoms with van der Waals surface area (Å²) in [5.41, 5.74) is 3.22. The Morgan fingerprint density at radius 2 is 1.43 bits per heavy atom. The number of ether oxygens (including phenoxy) is 2. The Labute approximate surface area is 284 Å². The summed E-state index contributed by atoms with van der Waals surface area (Å²) >= 11 is 1.71. The highest BCUT2D eigenvalue weighted by Gasteiger charge is 2.19. The molecule has 1 aromatic carbocycles. The number of benzene rings is 1. The average molecular weight is 682 g/mol. The number of alkyl carbamates (subject to hydrolysis) is 1. The maximum atomic E-state index is 12.2. The molecule has 262 valence electrons. The van der Waals surface area contributed by atoms with Gasteiger partial charge in [0.25, 0.3) is 0 Å². The van der Waals surface area contributed by atoms with Gasteiger partial charge in [0.1, 0.15) is 18.5 Å². The van der Waals surface area contributed by atoms with Crippen molar-refractivity contribution in [1.82, 2.24) is 5.32 Å². The summed E-state index contributed by atoms with van der Waals surface area (Å²) in [6.45, 7) is 9.61. The fraction of sp³-hybridized carbons (Fsp3) is 0.722. The number of unbranched alkanes of at least 4 members (excludes halogenated alkanes) is 15. The molecule has 0 bridgehead atoms. The van der Waals surface area contributed by atoms with E-state index in [0.717, 1.165) is 24.9 Å². The molecule has 2 N–H and O–H groups in total. The second-order valence-electron chi connectivity index (χ2n) is 12.5. The van der Waals surface area contributed by atoms with Crippen molar-refractivity contribution in [3.63, 3.8) is 0 Å². The Morgan fingerprint density at radius 1 is 0.870 bits per heavy atom. The topological polar surface area (TPSA) is 90.1 Å². The number of aryl methyl sites for hydroxylation is 1. The Hall–Kier alpha value is -1.77. The number of thiazole rings is 1. The van der Waals surface area contributed by atoms with Gasteiger partial charge in [-0.15, -0.1) is 0 Å². The van der Waals surface area contributed by atoms with Crippen molar-refractivity contribution >= 4 is 26.0 Å². The zero-order valence-electron chi connectivity index (χ0n) is 29.1. The number of carbonyl (C=O) groups is 1. The van der Waals surface area contributed by atoms with Gasteiger partial charge in [0, 0.05) is 12.1 Å². The van der Waals surface area contributed by atoms with Crippen LogP contribution in [0.5, 0.6) is 5.75 Å². The van der Waals surface area contributed by atoms with Crippen LogP contribution in [0.25, 0.3) is 0 Å². The monoisotopic (exact) mass is 681 g/mol. The van der Waals surface area contributed by atoms with Gasteiger partial charge < -0.3 is 24.2 Å². The molecular weight excluding hydrogens is 619 g/mol. The summed E-state index contributed by atoms with van der Waals surface area (Å²) < 4.78 is 24.4. The van der Waals surface area contributed by atoms with Crippen LogP contribution in [0.2, 0.25) is 0 Å². The highest BCUT2D eigenvalue weighted by Crippen LogP contribution is 2.35. The van der Waals surface area contributed by atoms with Crippen LogP contribution in [0.4, 0.5) is 4.79 Å². The van der Waals surface area contributed by atoms with E-state index >= 15 is 0 Å². The maximum Gasteiger partial charge on any atom is 0.407 e. The van der Waals surface area contributed by atoms with Crippen LogP contribution in [0.15, 0.2) is 36.0 Å². The fourth-order valence-electron chi connectivity index (χ4n) is 5.25. The number of amides is 1. The molecular formula is C36H62N2O6PS+. The number of hydrogen-bond acceptors (Lipinski definition) is 7. The lowest BCUT2D eigenvalue weighted by Gasteiger charge is -2.21. The van der Waals surface area contributed by atoms with Crippen LogP contribution in [0.1, 0.15) is 134 Å². The predicted molar refractivity (Wildman–Crippen MR) is 189 cm³/mol. The first kappa shape index (κ1) is 40.4. The molecule has 2 atom stereocenters. The number of carbonyl (C=O) groups excluding carboxylic acids is 1. The summed E-state index contributed by atoms with van der Waals surface area (Å²) in [4.78, 5) is 23.8. The third-order valence-corrected chi connectivity index (χ3v) is 9.32. The molecule has 2 aromatic rings. The van der Waals surface area contributed by atoms with Gasteiger partial charge in [-0.1, -0.05) is 115 Å². The molecule has 2 rings (SSSR count). The summed E-state index contributed by atoms with van der Waals surface area (Å²) in [6, 6.07) is 7.57. The Bertz CT molecular complexity index is 1020. The SMILES string of the molecule is CCCCCCCCCCCCCCCCCCNC(=O)OCC(COP(O)Oc1ccc(C[n+]2csc(C)c2)cc1)OC(C)C. The zero-order chi connectivity index (χ0) is 33.2. The Balaban J connectivity index is 1.48. The molecule has 0 aliphatic heterocycles. The second-order valence-corrected chi connectivity index (χ2v) is 14.5. The van der Waals surface area contributed by atoms with E-state index in [1.165, 1.54) is 94.8 Å². The average Bonchev–Trinajstić information content (AvgIpc) is 3.44. The van der Waals surface area contributed by atoms with Crippen LogP contribution in [0.3, 0.4) is 0 Å². The van der Waals surface area contributed by atoms with Crippen LogP contribution in [-0.2, 0) is 20.5 Å². The molecule has 2 unspecified atom stereocenters. The predicted octanol–water partition coefficient (Wildman–Crippen LogP) is 9.79. The van der Waals surface area contributed by atoms with Crippen LogP contribution < -0.4 is 14.4 Å². The molecule has 1 heterocycles. The van der Waals surface area contributed by atoms with E-state index in [-0.39, 0.29) is 19.3 Å². The van der Waals surface area contributed by atoms with E-state index in [9.17, 15) is 9.69 Å². The lowest BCUT2D eigenvalue weighted by atomic mass is 10.0. The van der Waals surface area contributed by atoms with E-state index < -0.39 is 20.8 Å². The molecule has 1 aromatic heterocycles. The minimum atomic E-state index is -2.16. The standard InChI is InChI=1S/C36H61N2O6PS/c1-5-6-7-8-9-10-11-12-13-14-15-16-17-18-19-20-25-37-36(39)41-28-35(43-31(2)3)29-42-45(40)44-34-23-21-33(22-24-34)27-38-26-32(4)46-30-38/h21-24,26,30-31,35,40H,5-20,25,27-29H2,1-4H3/p+1. The number of hydrogen-bond donors (Lipinski definition) is 2. The molecule has 0 fully saturated rings. The van der Waals surface area contributed by atoms with Crippen molar-refractivity contribution in [2.24, 2.45) is 0 Å². The lowest BCUT2D eigenvalue weighted by molar-refractivity contribution is -0.683. The fourth-order valence-corrected chi connectivity index (χ4v) is 6.53. The second kappa shape index (κ2) is 26.2. The van der Waals surface area contributed by atoms with Gasteiger partial charge in [-0.3, -0.25) is 4.52 Å². The third kappa shape index (κ3) is 21.2. The van der Waals surface area contributed by atoms with Crippen molar-refractivity contribution in [3.05, 3.63) is 46.4 Å². The maximum absolute atomic E-state index is 12.2. The largest absolute Gasteiger partial charge is 0.447 e. The van der Waals surface area contributed by atoms with E-state index in [1.54, 1.807) is 11.3 Å². The van der Waals surface area contributed by atoms with Crippen molar-refractivity contribution in [3.8, 4) is 5.75 Å². The van der Waals surface area contributed by atoms with Gasteiger partial charge in [0.15, 0.2) is 12.7 Å². The summed E-state index contributed by atoms with van der Waals surface area (Å²) in [5.74, 6) is 0.523. The van der Waals surface area contributed by atoms with Gasteiger partial charge >= 0.3 is 14.7 Å². The van der Waals surface area contributed by atoms with Gasteiger partial charge in [0.2, 0.25) is 5.51 Å². The first-order valence-electron chi connectivity index (χ1n) is 17.7. The Morgan fingerprint density at radius 3 is 1.96 bits per heavy atom. The molecule has 0 saturated carbocycles. The minimum absolute atomic E-state index is 0.0283. The smallest absolute Gasteiger partial charge is 0.407 e. The molecule has 0 radical (unpaired) electrons. The van der Waals surface area contributed by atoms with Crippen molar-refractivity contribution in [2.75, 3.05) is 19.8 Å². The highest BCUT2D eigenvalue weighted by molar-refractivity contribution is 7.41. The van der Waals surface area contributed by atoms with Crippen LogP contribution in [0, 0.1) is 6.92 Å². The normalized spacial score (nSPS) is 12.7. The minimum Gasteiger partial charge on any atom is -0.447 e. The quantitative estimate of drug-likeness (QED) is 0.0528. The van der Waals surface area contributed by atoms with Crippen LogP contribution >= 0.6 is 19.9 Å². The molecule has 1 amide bonds. The molecule has 8 nitrogen and oxygen atoms in total. The molecule has 0 spiro atoms. The summed E-state index contributed by atoms with van der Waals surface area (Å²) in [6.07, 6.45) is 22.2. The molecule has 0 saturated heterocycles. The number of nitrogens with zero attached hydrogens (tertiary/aromatic N) is 1. The third-order valence-electron chi connectivity index (χ3n) is 7.73. The van der Waals surface area contributed by atoms with Gasteiger partial charge in [-0.2, -0.15) is 4.57 Å². The zero-order valence-corrected chi connectivity index (χ0v) is 30.8. The van der Waals surface area contributed by atoms with E-state index in [4.69, 9.17) is 18.5 Å².